The number of benzene rings is 2. The number of pyridine rings is 1. The quantitative estimate of drug-likeness (QED) is 0.355. The van der Waals surface area contributed by atoms with Crippen LogP contribution in [0.1, 0.15) is 36.7 Å². The molecule has 0 spiro atoms. The molecule has 0 saturated carbocycles. The fourth-order valence-electron chi connectivity index (χ4n) is 3.84. The fourth-order valence-corrected chi connectivity index (χ4v) is 3.84. The number of aromatic nitrogens is 1. The number of hydrogen-bond donors (Lipinski definition) is 1. The van der Waals surface area contributed by atoms with Gasteiger partial charge in [-0.3, -0.25) is 14.6 Å². The van der Waals surface area contributed by atoms with Crippen LogP contribution in [0, 0.1) is 0 Å². The number of carbonyl (C=O) groups is 2. The van der Waals surface area contributed by atoms with Gasteiger partial charge in [0.15, 0.2) is 0 Å². The van der Waals surface area contributed by atoms with Gasteiger partial charge in [-0.2, -0.15) is 0 Å². The molecule has 0 aliphatic carbocycles. The first-order valence-corrected chi connectivity index (χ1v) is 10.5. The number of hydrogen-bond acceptors (Lipinski definition) is 5. The predicted octanol–water partition coefficient (Wildman–Crippen LogP) is 4.49. The number of rotatable bonds is 6. The van der Waals surface area contributed by atoms with Gasteiger partial charge in [-0.25, -0.2) is 0 Å². The molecule has 1 fully saturated rings. The van der Waals surface area contributed by atoms with Crippen LogP contribution in [0.3, 0.4) is 0 Å². The molecule has 1 saturated heterocycles. The van der Waals surface area contributed by atoms with Crippen LogP contribution in [-0.4, -0.2) is 32.8 Å². The summed E-state index contributed by atoms with van der Waals surface area (Å²) in [6.07, 6.45) is 1.60. The second-order valence-electron chi connectivity index (χ2n) is 7.85. The zero-order valence-electron chi connectivity index (χ0n) is 17.9. The van der Waals surface area contributed by atoms with Crippen LogP contribution in [0.5, 0.6) is 5.75 Å². The molecule has 4 rings (SSSR count). The van der Waals surface area contributed by atoms with Gasteiger partial charge in [-0.05, 0) is 43.7 Å². The molecule has 3 aromatic rings. The third-order valence-electron chi connectivity index (χ3n) is 5.19. The summed E-state index contributed by atoms with van der Waals surface area (Å²) in [4.78, 5) is 31.9. The maximum atomic E-state index is 13.1. The number of amides is 1. The van der Waals surface area contributed by atoms with Gasteiger partial charge in [-0.15, -0.1) is 0 Å². The Labute approximate surface area is 186 Å². The highest BCUT2D eigenvalue weighted by molar-refractivity contribution is 6.46. The molecule has 1 atom stereocenters. The Hall–Kier alpha value is -3.93. The summed E-state index contributed by atoms with van der Waals surface area (Å²) in [5.74, 6) is -1.04. The van der Waals surface area contributed by atoms with Crippen molar-refractivity contribution < 1.29 is 19.4 Å². The largest absolute Gasteiger partial charge is 0.507 e. The highest BCUT2D eigenvalue weighted by atomic mass is 16.5. The van der Waals surface area contributed by atoms with Gasteiger partial charge in [-0.1, -0.05) is 48.5 Å². The molecule has 2 heterocycles. The zero-order valence-corrected chi connectivity index (χ0v) is 17.9. The van der Waals surface area contributed by atoms with Crippen molar-refractivity contribution in [2.24, 2.45) is 0 Å². The fraction of sp³-hybridized carbons (Fsp3) is 0.192. The van der Waals surface area contributed by atoms with E-state index in [0.29, 0.717) is 17.0 Å². The summed E-state index contributed by atoms with van der Waals surface area (Å²) in [5, 5.41) is 11.2. The van der Waals surface area contributed by atoms with Crippen LogP contribution in [0.25, 0.3) is 5.76 Å². The average Bonchev–Trinajstić information content (AvgIpc) is 3.04. The minimum Gasteiger partial charge on any atom is -0.507 e. The van der Waals surface area contributed by atoms with Crippen LogP contribution in [-0.2, 0) is 16.1 Å². The molecule has 1 aromatic heterocycles. The van der Waals surface area contributed by atoms with Crippen LogP contribution in [0.2, 0.25) is 0 Å². The molecular formula is C26H24N2O4. The third kappa shape index (κ3) is 4.25. The van der Waals surface area contributed by atoms with Gasteiger partial charge in [0.05, 0.1) is 30.0 Å². The lowest BCUT2D eigenvalue weighted by atomic mass is 9.95. The topological polar surface area (TPSA) is 79.7 Å². The minimum atomic E-state index is -0.729. The number of carbonyl (C=O) groups excluding carboxylic acids is 2. The van der Waals surface area contributed by atoms with E-state index in [0.717, 1.165) is 5.56 Å². The van der Waals surface area contributed by atoms with Crippen molar-refractivity contribution in [3.63, 3.8) is 0 Å². The Morgan fingerprint density at radius 2 is 1.78 bits per heavy atom. The summed E-state index contributed by atoms with van der Waals surface area (Å²) in [6, 6.07) is 20.8. The lowest BCUT2D eigenvalue weighted by Gasteiger charge is -2.25. The predicted molar refractivity (Wildman–Crippen MR) is 121 cm³/mol. The van der Waals surface area contributed by atoms with E-state index < -0.39 is 17.7 Å². The van der Waals surface area contributed by atoms with E-state index in [4.69, 9.17) is 4.74 Å². The number of likely N-dealkylation sites (tertiary alicyclic amines) is 1. The van der Waals surface area contributed by atoms with Crippen molar-refractivity contribution >= 4 is 17.4 Å². The highest BCUT2D eigenvalue weighted by Gasteiger charge is 2.46. The maximum Gasteiger partial charge on any atom is 0.296 e. The molecule has 1 amide bonds. The van der Waals surface area contributed by atoms with E-state index in [1.807, 2.05) is 50.2 Å². The van der Waals surface area contributed by atoms with Crippen molar-refractivity contribution in [2.75, 3.05) is 0 Å². The summed E-state index contributed by atoms with van der Waals surface area (Å²) in [5.41, 5.74) is 1.86. The van der Waals surface area contributed by atoms with Crippen molar-refractivity contribution in [1.29, 1.82) is 0 Å². The molecule has 6 nitrogen and oxygen atoms in total. The van der Waals surface area contributed by atoms with Gasteiger partial charge in [0, 0.05) is 11.8 Å². The van der Waals surface area contributed by atoms with Crippen LogP contribution in [0.15, 0.2) is 84.6 Å². The van der Waals surface area contributed by atoms with Crippen molar-refractivity contribution in [3.05, 3.63) is 101 Å². The Kier molecular flexibility index (Phi) is 6.03. The van der Waals surface area contributed by atoms with Crippen LogP contribution < -0.4 is 4.74 Å². The molecule has 32 heavy (non-hydrogen) atoms. The molecule has 1 aliphatic rings. The van der Waals surface area contributed by atoms with E-state index in [-0.39, 0.29) is 24.0 Å². The zero-order chi connectivity index (χ0) is 22.7. The lowest BCUT2D eigenvalue weighted by Crippen LogP contribution is -2.29. The molecule has 162 valence electrons. The van der Waals surface area contributed by atoms with E-state index in [1.165, 1.54) is 4.90 Å². The number of Topliss-reactive ketones (excluding diaryl/α,β-unsaturated/α-hetero) is 1. The average molecular weight is 428 g/mol. The number of aliphatic hydroxyl groups excluding tert-OH is 1. The van der Waals surface area contributed by atoms with E-state index >= 15 is 0 Å². The Balaban J connectivity index is 1.82. The summed E-state index contributed by atoms with van der Waals surface area (Å²) in [7, 11) is 0. The van der Waals surface area contributed by atoms with Gasteiger partial charge >= 0.3 is 0 Å². The smallest absolute Gasteiger partial charge is 0.296 e. The minimum absolute atomic E-state index is 0.0410. The maximum absolute atomic E-state index is 13.1. The Bertz CT molecular complexity index is 1160. The molecule has 0 radical (unpaired) electrons. The molecular weight excluding hydrogens is 404 g/mol. The normalized spacial score (nSPS) is 17.7. The van der Waals surface area contributed by atoms with Crippen LogP contribution >= 0.6 is 0 Å². The third-order valence-corrected chi connectivity index (χ3v) is 5.19. The van der Waals surface area contributed by atoms with Crippen molar-refractivity contribution in [3.8, 4) is 5.75 Å². The number of aliphatic hydroxyl groups is 1. The van der Waals surface area contributed by atoms with E-state index in [1.54, 1.807) is 42.6 Å². The monoisotopic (exact) mass is 428 g/mol. The van der Waals surface area contributed by atoms with E-state index in [2.05, 4.69) is 4.98 Å². The molecule has 0 bridgehead atoms. The van der Waals surface area contributed by atoms with Gasteiger partial charge in [0.1, 0.15) is 11.5 Å². The second kappa shape index (κ2) is 9.06. The lowest BCUT2D eigenvalue weighted by molar-refractivity contribution is -0.140. The Morgan fingerprint density at radius 1 is 1.03 bits per heavy atom. The standard InChI is InChI=1S/C26H24N2O4/c1-17(2)32-21-13-8-11-19(15-21)24(29)22-23(18-9-4-3-5-10-18)28(26(31)25(22)30)16-20-12-6-7-14-27-20/h3-15,17,23,29H,16H2,1-2H3/b24-22-. The molecule has 6 heteroatoms. The van der Waals surface area contributed by atoms with Gasteiger partial charge in [0.25, 0.3) is 11.7 Å². The SMILES string of the molecule is CC(C)Oc1cccc(/C(O)=C2/C(=O)C(=O)N(Cc3ccccn3)C2c2ccccc2)c1. The molecule has 2 aromatic carbocycles. The summed E-state index contributed by atoms with van der Waals surface area (Å²) < 4.78 is 5.72. The number of ketones is 1. The number of nitrogens with zero attached hydrogens (tertiary/aromatic N) is 2. The first-order valence-electron chi connectivity index (χ1n) is 10.5. The summed E-state index contributed by atoms with van der Waals surface area (Å²) in [6.45, 7) is 3.97. The van der Waals surface area contributed by atoms with E-state index in [9.17, 15) is 14.7 Å². The highest BCUT2D eigenvalue weighted by Crippen LogP contribution is 2.40. The molecule has 1 aliphatic heterocycles. The van der Waals surface area contributed by atoms with Crippen molar-refractivity contribution in [2.45, 2.75) is 32.5 Å². The first-order chi connectivity index (χ1) is 15.5. The Morgan fingerprint density at radius 3 is 2.47 bits per heavy atom. The molecule has 1 unspecified atom stereocenters. The first kappa shape index (κ1) is 21.3. The summed E-state index contributed by atoms with van der Waals surface area (Å²) >= 11 is 0. The van der Waals surface area contributed by atoms with Crippen molar-refractivity contribution in [1.82, 2.24) is 9.88 Å². The van der Waals surface area contributed by atoms with Gasteiger partial charge in [0.2, 0.25) is 0 Å². The number of ether oxygens (including phenoxy) is 1. The van der Waals surface area contributed by atoms with Gasteiger partial charge < -0.3 is 14.7 Å². The molecule has 1 N–H and O–H groups in total. The van der Waals surface area contributed by atoms with Crippen LogP contribution in [0.4, 0.5) is 0 Å². The second-order valence-corrected chi connectivity index (χ2v) is 7.85.